The van der Waals surface area contributed by atoms with Crippen LogP contribution in [0.1, 0.15) is 16.7 Å². The van der Waals surface area contributed by atoms with E-state index in [-0.39, 0.29) is 0 Å². The second-order valence-electron chi connectivity index (χ2n) is 3.77. The summed E-state index contributed by atoms with van der Waals surface area (Å²) in [6.07, 6.45) is 7.88. The number of hydrogen-bond acceptors (Lipinski definition) is 2. The van der Waals surface area contributed by atoms with Gasteiger partial charge in [-0.25, -0.2) is 0 Å². The molecule has 0 fully saturated rings. The normalized spacial score (nSPS) is 10.5. The topological polar surface area (TPSA) is 43.8 Å². The lowest BCUT2D eigenvalue weighted by atomic mass is 10.2. The average Bonchev–Trinajstić information content (AvgIpc) is 2.65. The molecule has 15 heavy (non-hydrogen) atoms. The zero-order valence-electron chi connectivity index (χ0n) is 8.85. The molecule has 0 aliphatic rings. The monoisotopic (exact) mass is 201 g/mol. The van der Waals surface area contributed by atoms with Gasteiger partial charge in [-0.1, -0.05) is 6.07 Å². The van der Waals surface area contributed by atoms with Crippen LogP contribution >= 0.6 is 0 Å². The number of pyridine rings is 1. The lowest BCUT2D eigenvalue weighted by molar-refractivity contribution is 0.796. The molecule has 0 bridgehead atoms. The molecule has 0 unspecified atom stereocenters. The predicted octanol–water partition coefficient (Wildman–Crippen LogP) is 1.70. The maximum Gasteiger partial charge on any atom is 0.0485 e. The van der Waals surface area contributed by atoms with Gasteiger partial charge in [0.05, 0.1) is 0 Å². The Bertz CT molecular complexity index is 446. The van der Waals surface area contributed by atoms with Crippen LogP contribution in [0.4, 0.5) is 0 Å². The Labute approximate surface area is 89.6 Å². The van der Waals surface area contributed by atoms with E-state index in [1.165, 1.54) is 11.1 Å². The fourth-order valence-electron chi connectivity index (χ4n) is 1.62. The summed E-state index contributed by atoms with van der Waals surface area (Å²) in [6.45, 7) is 3.51. The van der Waals surface area contributed by atoms with Gasteiger partial charge in [0.2, 0.25) is 0 Å². The number of aromatic nitrogens is 2. The highest BCUT2D eigenvalue weighted by molar-refractivity contribution is 5.18. The molecule has 2 rings (SSSR count). The van der Waals surface area contributed by atoms with E-state index >= 15 is 0 Å². The number of aryl methyl sites for hydroxylation is 1. The summed E-state index contributed by atoms with van der Waals surface area (Å²) >= 11 is 0. The van der Waals surface area contributed by atoms with Gasteiger partial charge >= 0.3 is 0 Å². The minimum absolute atomic E-state index is 0.596. The van der Waals surface area contributed by atoms with E-state index in [9.17, 15) is 0 Å². The van der Waals surface area contributed by atoms with Gasteiger partial charge in [-0.15, -0.1) is 0 Å². The Morgan fingerprint density at radius 2 is 2.20 bits per heavy atom. The Morgan fingerprint density at radius 1 is 1.33 bits per heavy atom. The second-order valence-corrected chi connectivity index (χ2v) is 3.77. The van der Waals surface area contributed by atoms with Gasteiger partial charge in [0.1, 0.15) is 0 Å². The van der Waals surface area contributed by atoms with Gasteiger partial charge in [0, 0.05) is 37.9 Å². The SMILES string of the molecule is Cc1cncc(Cn2ccc(CN)c2)c1. The molecular formula is C12H15N3. The van der Waals surface area contributed by atoms with Crippen LogP contribution in [0.25, 0.3) is 0 Å². The number of rotatable bonds is 3. The van der Waals surface area contributed by atoms with Gasteiger partial charge in [0.25, 0.3) is 0 Å². The van der Waals surface area contributed by atoms with Crippen LogP contribution < -0.4 is 5.73 Å². The minimum Gasteiger partial charge on any atom is -0.350 e. The first-order valence-electron chi connectivity index (χ1n) is 5.03. The van der Waals surface area contributed by atoms with Crippen molar-refractivity contribution in [2.24, 2.45) is 5.73 Å². The molecule has 0 saturated carbocycles. The van der Waals surface area contributed by atoms with E-state index in [1.807, 2.05) is 24.7 Å². The second kappa shape index (κ2) is 4.28. The van der Waals surface area contributed by atoms with Crippen LogP contribution in [0.15, 0.2) is 36.9 Å². The predicted molar refractivity (Wildman–Crippen MR) is 60.4 cm³/mol. The van der Waals surface area contributed by atoms with Crippen LogP contribution in [0.2, 0.25) is 0 Å². The molecule has 0 aliphatic heterocycles. The number of nitrogens with two attached hydrogens (primary N) is 1. The van der Waals surface area contributed by atoms with Crippen molar-refractivity contribution in [3.63, 3.8) is 0 Å². The number of hydrogen-bond donors (Lipinski definition) is 1. The highest BCUT2D eigenvalue weighted by Gasteiger charge is 1.97. The quantitative estimate of drug-likeness (QED) is 0.821. The fourth-order valence-corrected chi connectivity index (χ4v) is 1.62. The van der Waals surface area contributed by atoms with E-state index in [1.54, 1.807) is 0 Å². The first kappa shape index (κ1) is 9.93. The highest BCUT2D eigenvalue weighted by atomic mass is 14.9. The molecule has 2 heterocycles. The molecule has 2 N–H and O–H groups in total. The van der Waals surface area contributed by atoms with E-state index in [0.29, 0.717) is 6.54 Å². The zero-order valence-corrected chi connectivity index (χ0v) is 8.85. The zero-order chi connectivity index (χ0) is 10.7. The third-order valence-electron chi connectivity index (χ3n) is 2.34. The Hall–Kier alpha value is -1.61. The molecule has 3 heteroatoms. The molecule has 0 aliphatic carbocycles. The summed E-state index contributed by atoms with van der Waals surface area (Å²) in [7, 11) is 0. The van der Waals surface area contributed by atoms with E-state index < -0.39 is 0 Å². The van der Waals surface area contributed by atoms with Gasteiger partial charge in [-0.2, -0.15) is 0 Å². The van der Waals surface area contributed by atoms with Crippen molar-refractivity contribution in [2.45, 2.75) is 20.0 Å². The standard InChI is InChI=1S/C12H15N3/c1-10-4-12(7-14-6-10)9-15-3-2-11(5-13)8-15/h2-4,6-8H,5,9,13H2,1H3. The summed E-state index contributed by atoms with van der Waals surface area (Å²) < 4.78 is 2.12. The summed E-state index contributed by atoms with van der Waals surface area (Å²) in [4.78, 5) is 4.17. The average molecular weight is 201 g/mol. The summed E-state index contributed by atoms with van der Waals surface area (Å²) in [5.74, 6) is 0. The Morgan fingerprint density at radius 3 is 2.87 bits per heavy atom. The molecular weight excluding hydrogens is 186 g/mol. The maximum atomic E-state index is 5.55. The molecule has 0 saturated heterocycles. The van der Waals surface area contributed by atoms with Gasteiger partial charge in [0.15, 0.2) is 0 Å². The summed E-state index contributed by atoms with van der Waals surface area (Å²) in [5.41, 5.74) is 9.13. The van der Waals surface area contributed by atoms with Crippen molar-refractivity contribution in [2.75, 3.05) is 0 Å². The molecule has 0 spiro atoms. The lowest BCUT2D eigenvalue weighted by Gasteiger charge is -2.03. The molecule has 0 aromatic carbocycles. The molecule has 78 valence electrons. The maximum absolute atomic E-state index is 5.55. The lowest BCUT2D eigenvalue weighted by Crippen LogP contribution is -1.98. The van der Waals surface area contributed by atoms with Gasteiger partial charge in [-0.3, -0.25) is 4.98 Å². The van der Waals surface area contributed by atoms with Crippen LogP contribution in [0, 0.1) is 6.92 Å². The van der Waals surface area contributed by atoms with Crippen molar-refractivity contribution in [3.8, 4) is 0 Å². The van der Waals surface area contributed by atoms with Crippen LogP contribution in [-0.2, 0) is 13.1 Å². The van der Waals surface area contributed by atoms with Gasteiger partial charge in [-0.05, 0) is 29.7 Å². The molecule has 0 radical (unpaired) electrons. The van der Waals surface area contributed by atoms with E-state index in [4.69, 9.17) is 5.73 Å². The van der Waals surface area contributed by atoms with Crippen LogP contribution in [0.3, 0.4) is 0 Å². The van der Waals surface area contributed by atoms with Gasteiger partial charge < -0.3 is 10.3 Å². The van der Waals surface area contributed by atoms with Crippen molar-refractivity contribution < 1.29 is 0 Å². The van der Waals surface area contributed by atoms with E-state index in [0.717, 1.165) is 12.1 Å². The third-order valence-corrected chi connectivity index (χ3v) is 2.34. The van der Waals surface area contributed by atoms with Crippen LogP contribution in [0.5, 0.6) is 0 Å². The molecule has 2 aromatic heterocycles. The molecule has 0 atom stereocenters. The van der Waals surface area contributed by atoms with Crippen molar-refractivity contribution in [1.82, 2.24) is 9.55 Å². The fraction of sp³-hybridized carbons (Fsp3) is 0.250. The highest BCUT2D eigenvalue weighted by Crippen LogP contribution is 2.06. The van der Waals surface area contributed by atoms with Crippen molar-refractivity contribution in [3.05, 3.63) is 53.6 Å². The summed E-state index contributed by atoms with van der Waals surface area (Å²) in [5, 5.41) is 0. The smallest absolute Gasteiger partial charge is 0.0485 e. The largest absolute Gasteiger partial charge is 0.350 e. The van der Waals surface area contributed by atoms with E-state index in [2.05, 4.69) is 28.7 Å². The molecule has 2 aromatic rings. The first-order valence-corrected chi connectivity index (χ1v) is 5.03. The molecule has 3 nitrogen and oxygen atoms in total. The Kier molecular flexibility index (Phi) is 2.83. The Balaban J connectivity index is 2.14. The van der Waals surface area contributed by atoms with Crippen molar-refractivity contribution >= 4 is 0 Å². The first-order chi connectivity index (χ1) is 7.28. The van der Waals surface area contributed by atoms with Crippen molar-refractivity contribution in [1.29, 1.82) is 0 Å². The number of nitrogens with zero attached hydrogens (tertiary/aromatic N) is 2. The molecule has 0 amide bonds. The van der Waals surface area contributed by atoms with Crippen LogP contribution in [-0.4, -0.2) is 9.55 Å². The minimum atomic E-state index is 0.596. The summed E-state index contributed by atoms with van der Waals surface area (Å²) in [6, 6.07) is 4.19. The third kappa shape index (κ3) is 2.44.